The maximum Gasteiger partial charge on any atom is 0.259 e. The number of hydrogen-bond donors (Lipinski definition) is 2. The van der Waals surface area contributed by atoms with Gasteiger partial charge in [-0.3, -0.25) is 15.1 Å². The van der Waals surface area contributed by atoms with Crippen molar-refractivity contribution in [2.45, 2.75) is 20.3 Å². The minimum Gasteiger partial charge on any atom is -0.440 e. The first-order chi connectivity index (χ1) is 14.9. The molecule has 0 fully saturated rings. The lowest BCUT2D eigenvalue weighted by atomic mass is 10.1. The van der Waals surface area contributed by atoms with Crippen LogP contribution >= 0.6 is 28.1 Å². The number of pyridine rings is 1. The molecule has 4 rings (SSSR count). The predicted octanol–water partition coefficient (Wildman–Crippen LogP) is 5.32. The SMILES string of the molecule is Cc1cc(C)c2oc(Cc3ccc(NC(=S)NC(=O)c4cncc(Br)c4)cc3)nc2c1. The summed E-state index contributed by atoms with van der Waals surface area (Å²) in [5, 5.41) is 5.87. The molecule has 2 heterocycles. The van der Waals surface area contributed by atoms with Gasteiger partial charge in [0.15, 0.2) is 16.6 Å². The topological polar surface area (TPSA) is 80.0 Å². The van der Waals surface area contributed by atoms with Crippen LogP contribution in [0.3, 0.4) is 0 Å². The lowest BCUT2D eigenvalue weighted by molar-refractivity contribution is 0.0977. The first-order valence-electron chi connectivity index (χ1n) is 9.56. The molecule has 1 amide bonds. The molecule has 0 radical (unpaired) electrons. The van der Waals surface area contributed by atoms with Crippen molar-refractivity contribution < 1.29 is 9.21 Å². The van der Waals surface area contributed by atoms with Gasteiger partial charge >= 0.3 is 0 Å². The molecule has 2 aromatic carbocycles. The van der Waals surface area contributed by atoms with Crippen LogP contribution in [0.2, 0.25) is 0 Å². The van der Waals surface area contributed by atoms with E-state index in [1.165, 1.54) is 11.8 Å². The van der Waals surface area contributed by atoms with Gasteiger partial charge in [-0.25, -0.2) is 4.98 Å². The van der Waals surface area contributed by atoms with Gasteiger partial charge in [0, 0.05) is 29.0 Å². The second-order valence-corrected chi connectivity index (χ2v) is 8.54. The number of hydrogen-bond acceptors (Lipinski definition) is 5. The Bertz CT molecular complexity index is 1280. The molecule has 0 aliphatic rings. The second-order valence-electron chi connectivity index (χ2n) is 7.21. The first-order valence-corrected chi connectivity index (χ1v) is 10.8. The molecule has 156 valence electrons. The third-order valence-corrected chi connectivity index (χ3v) is 5.26. The molecule has 0 aliphatic carbocycles. The Kier molecular flexibility index (Phi) is 6.11. The van der Waals surface area contributed by atoms with Crippen LogP contribution in [0.1, 0.15) is 32.9 Å². The van der Waals surface area contributed by atoms with Crippen LogP contribution in [0, 0.1) is 13.8 Å². The number of nitrogens with one attached hydrogen (secondary N) is 2. The lowest BCUT2D eigenvalue weighted by Crippen LogP contribution is -2.34. The number of fused-ring (bicyclic) bond motifs is 1. The van der Waals surface area contributed by atoms with Crippen LogP contribution in [-0.4, -0.2) is 21.0 Å². The van der Waals surface area contributed by atoms with Crippen molar-refractivity contribution in [3.05, 3.63) is 87.5 Å². The van der Waals surface area contributed by atoms with E-state index in [2.05, 4.69) is 49.5 Å². The van der Waals surface area contributed by atoms with Crippen LogP contribution in [0.15, 0.2) is 63.7 Å². The van der Waals surface area contributed by atoms with Crippen molar-refractivity contribution in [2.24, 2.45) is 0 Å². The first kappa shape index (κ1) is 21.1. The van der Waals surface area contributed by atoms with Gasteiger partial charge in [0.25, 0.3) is 5.91 Å². The summed E-state index contributed by atoms with van der Waals surface area (Å²) >= 11 is 8.54. The van der Waals surface area contributed by atoms with E-state index >= 15 is 0 Å². The number of amides is 1. The van der Waals surface area contributed by atoms with Crippen molar-refractivity contribution in [1.29, 1.82) is 0 Å². The Morgan fingerprint density at radius 1 is 1.13 bits per heavy atom. The number of thiocarbonyl (C=S) groups is 1. The maximum absolute atomic E-state index is 12.3. The van der Waals surface area contributed by atoms with Crippen LogP contribution in [0.4, 0.5) is 5.69 Å². The lowest BCUT2D eigenvalue weighted by Gasteiger charge is -2.10. The van der Waals surface area contributed by atoms with Crippen molar-refractivity contribution >= 4 is 56.0 Å². The zero-order chi connectivity index (χ0) is 22.0. The Morgan fingerprint density at radius 2 is 1.90 bits per heavy atom. The quantitative estimate of drug-likeness (QED) is 0.373. The summed E-state index contributed by atoms with van der Waals surface area (Å²) in [7, 11) is 0. The molecule has 0 spiro atoms. The fraction of sp³-hybridized carbons (Fsp3) is 0.130. The zero-order valence-electron chi connectivity index (χ0n) is 16.9. The van der Waals surface area contributed by atoms with Crippen LogP contribution < -0.4 is 10.6 Å². The molecule has 4 aromatic rings. The third kappa shape index (κ3) is 5.15. The molecular formula is C23H19BrN4O2S. The Morgan fingerprint density at radius 3 is 2.65 bits per heavy atom. The molecule has 0 atom stereocenters. The summed E-state index contributed by atoms with van der Waals surface area (Å²) in [6.45, 7) is 4.08. The van der Waals surface area contributed by atoms with Crippen molar-refractivity contribution in [2.75, 3.05) is 5.32 Å². The summed E-state index contributed by atoms with van der Waals surface area (Å²) in [4.78, 5) is 20.8. The van der Waals surface area contributed by atoms with Crippen LogP contribution in [0.5, 0.6) is 0 Å². The van der Waals surface area contributed by atoms with Gasteiger partial charge in [-0.05, 0) is 83.0 Å². The molecule has 8 heteroatoms. The molecule has 6 nitrogen and oxygen atoms in total. The number of nitrogens with zero attached hydrogens (tertiary/aromatic N) is 2. The number of rotatable bonds is 4. The van der Waals surface area contributed by atoms with Gasteiger partial charge < -0.3 is 9.73 Å². The normalized spacial score (nSPS) is 10.8. The standard InChI is InChI=1S/C23H19BrN4O2S/c1-13-7-14(2)21-19(8-13)27-20(30-21)9-15-3-5-18(6-4-15)26-23(31)28-22(29)16-10-17(24)12-25-11-16/h3-8,10-12H,9H2,1-2H3,(H2,26,28,29,31). The molecule has 0 aliphatic heterocycles. The molecular weight excluding hydrogens is 476 g/mol. The van der Waals surface area contributed by atoms with Gasteiger partial charge in [0.1, 0.15) is 5.52 Å². The van der Waals surface area contributed by atoms with Gasteiger partial charge in [-0.2, -0.15) is 0 Å². The Hall–Kier alpha value is -3.10. The number of carbonyl (C=O) groups excluding carboxylic acids is 1. The molecule has 2 aromatic heterocycles. The van der Waals surface area contributed by atoms with E-state index in [9.17, 15) is 4.79 Å². The van der Waals surface area contributed by atoms with Crippen molar-refractivity contribution in [3.63, 3.8) is 0 Å². The van der Waals surface area contributed by atoms with E-state index in [0.717, 1.165) is 32.4 Å². The van der Waals surface area contributed by atoms with Crippen molar-refractivity contribution in [3.8, 4) is 0 Å². The van der Waals surface area contributed by atoms with Crippen LogP contribution in [0.25, 0.3) is 11.1 Å². The fourth-order valence-corrected chi connectivity index (χ4v) is 3.83. The second kappa shape index (κ2) is 8.95. The highest BCUT2D eigenvalue weighted by molar-refractivity contribution is 9.10. The Labute approximate surface area is 193 Å². The number of aryl methyl sites for hydroxylation is 2. The molecule has 0 saturated carbocycles. The number of oxazole rings is 1. The minimum absolute atomic E-state index is 0.211. The molecule has 0 bridgehead atoms. The van der Waals surface area contributed by atoms with Crippen LogP contribution in [-0.2, 0) is 6.42 Å². The summed E-state index contributed by atoms with van der Waals surface area (Å²) in [6, 6.07) is 13.5. The fourth-order valence-electron chi connectivity index (χ4n) is 3.25. The van der Waals surface area contributed by atoms with Gasteiger partial charge in [0.05, 0.1) is 5.56 Å². The maximum atomic E-state index is 12.3. The van der Waals surface area contributed by atoms with E-state index in [4.69, 9.17) is 16.6 Å². The van der Waals surface area contributed by atoms with E-state index in [0.29, 0.717) is 17.9 Å². The van der Waals surface area contributed by atoms with E-state index < -0.39 is 0 Å². The molecule has 0 saturated heterocycles. The monoisotopic (exact) mass is 494 g/mol. The average Bonchev–Trinajstić information content (AvgIpc) is 3.12. The number of anilines is 1. The molecule has 0 unspecified atom stereocenters. The number of aromatic nitrogens is 2. The molecule has 31 heavy (non-hydrogen) atoms. The number of halogens is 1. The van der Waals surface area contributed by atoms with Crippen molar-refractivity contribution in [1.82, 2.24) is 15.3 Å². The number of carbonyl (C=O) groups is 1. The summed E-state index contributed by atoms with van der Waals surface area (Å²) in [6.07, 6.45) is 3.68. The third-order valence-electron chi connectivity index (χ3n) is 4.63. The zero-order valence-corrected chi connectivity index (χ0v) is 19.3. The Balaban J connectivity index is 1.38. The van der Waals surface area contributed by atoms with Gasteiger partial charge in [0.2, 0.25) is 0 Å². The minimum atomic E-state index is -0.329. The largest absolute Gasteiger partial charge is 0.440 e. The highest BCUT2D eigenvalue weighted by atomic mass is 79.9. The van der Waals surface area contributed by atoms with E-state index in [1.807, 2.05) is 37.3 Å². The number of benzene rings is 2. The highest BCUT2D eigenvalue weighted by Crippen LogP contribution is 2.23. The smallest absolute Gasteiger partial charge is 0.259 e. The molecule has 2 N–H and O–H groups in total. The summed E-state index contributed by atoms with van der Waals surface area (Å²) in [5.74, 6) is 0.347. The highest BCUT2D eigenvalue weighted by Gasteiger charge is 2.11. The van der Waals surface area contributed by atoms with Gasteiger partial charge in [-0.15, -0.1) is 0 Å². The summed E-state index contributed by atoms with van der Waals surface area (Å²) in [5.41, 5.74) is 6.21. The van der Waals surface area contributed by atoms with E-state index in [1.54, 1.807) is 12.3 Å². The summed E-state index contributed by atoms with van der Waals surface area (Å²) < 4.78 is 6.66. The van der Waals surface area contributed by atoms with Gasteiger partial charge in [-0.1, -0.05) is 18.2 Å². The predicted molar refractivity (Wildman–Crippen MR) is 128 cm³/mol. The average molecular weight is 495 g/mol. The van der Waals surface area contributed by atoms with E-state index in [-0.39, 0.29) is 11.0 Å².